The number of amides is 1. The van der Waals surface area contributed by atoms with Crippen LogP contribution in [0.25, 0.3) is 0 Å². The smallest absolute Gasteiger partial charge is 0.230 e. The minimum absolute atomic E-state index is 0.0772. The van der Waals surface area contributed by atoms with Crippen molar-refractivity contribution in [2.45, 2.75) is 79.1 Å². The molecule has 1 aromatic rings. The molecule has 0 aromatic heterocycles. The number of halogens is 2. The molecule has 0 bridgehead atoms. The van der Waals surface area contributed by atoms with Crippen LogP contribution >= 0.6 is 23.2 Å². The van der Waals surface area contributed by atoms with Gasteiger partial charge in [0.25, 0.3) is 0 Å². The third-order valence-electron chi connectivity index (χ3n) is 8.72. The van der Waals surface area contributed by atoms with Crippen LogP contribution in [0.4, 0.5) is 5.69 Å². The molecule has 3 aliphatic rings. The molecule has 0 heterocycles. The van der Waals surface area contributed by atoms with Gasteiger partial charge >= 0.3 is 0 Å². The molecule has 1 N–H and O–H groups in total. The van der Waals surface area contributed by atoms with E-state index in [2.05, 4.69) is 33.0 Å². The number of fused-ring (bicyclic) bond motifs is 2. The van der Waals surface area contributed by atoms with Gasteiger partial charge in [-0.15, -0.1) is 0 Å². The summed E-state index contributed by atoms with van der Waals surface area (Å²) in [5, 5.41) is 4.11. The van der Waals surface area contributed by atoms with E-state index >= 15 is 0 Å². The van der Waals surface area contributed by atoms with Crippen molar-refractivity contribution in [1.29, 1.82) is 0 Å². The Morgan fingerprint density at radius 1 is 1.10 bits per heavy atom. The summed E-state index contributed by atoms with van der Waals surface area (Å²) in [6.45, 7) is 9.37. The van der Waals surface area contributed by atoms with E-state index in [0.29, 0.717) is 21.7 Å². The summed E-state index contributed by atoms with van der Waals surface area (Å²) < 4.78 is 0. The largest absolute Gasteiger partial charge is 0.323 e. The van der Waals surface area contributed by atoms with E-state index in [0.717, 1.165) is 37.5 Å². The molecule has 4 heteroatoms. The van der Waals surface area contributed by atoms with E-state index in [4.69, 9.17) is 23.2 Å². The maximum Gasteiger partial charge on any atom is 0.230 e. The summed E-state index contributed by atoms with van der Waals surface area (Å²) in [7, 11) is 0. The van der Waals surface area contributed by atoms with Crippen LogP contribution in [0.1, 0.15) is 79.1 Å². The predicted octanol–water partition coefficient (Wildman–Crippen LogP) is 8.29. The normalized spacial score (nSPS) is 33.8. The summed E-state index contributed by atoms with van der Waals surface area (Å²) in [4.78, 5) is 13.6. The monoisotopic (exact) mass is 447 g/mol. The fourth-order valence-corrected chi connectivity index (χ4v) is 7.39. The van der Waals surface area contributed by atoms with Crippen molar-refractivity contribution >= 4 is 34.8 Å². The highest BCUT2D eigenvalue weighted by Gasteiger charge is 2.56. The second-order valence-corrected chi connectivity index (χ2v) is 11.5. The van der Waals surface area contributed by atoms with Crippen LogP contribution < -0.4 is 5.32 Å². The Kier molecular flexibility index (Phi) is 6.05. The number of carbonyl (C=O) groups is 1. The molecule has 0 saturated heterocycles. The highest BCUT2D eigenvalue weighted by Crippen LogP contribution is 2.62. The molecule has 0 aliphatic heterocycles. The Labute approximate surface area is 191 Å². The summed E-state index contributed by atoms with van der Waals surface area (Å²) in [6, 6.07) is 5.37. The van der Waals surface area contributed by atoms with E-state index in [1.807, 2.05) is 6.07 Å². The molecule has 0 radical (unpaired) electrons. The summed E-state index contributed by atoms with van der Waals surface area (Å²) >= 11 is 12.7. The second-order valence-electron chi connectivity index (χ2n) is 10.7. The second kappa shape index (κ2) is 8.17. The van der Waals surface area contributed by atoms with Crippen molar-refractivity contribution in [3.05, 3.63) is 39.4 Å². The van der Waals surface area contributed by atoms with Crippen molar-refractivity contribution in [3.8, 4) is 0 Å². The van der Waals surface area contributed by atoms with Crippen molar-refractivity contribution in [2.75, 3.05) is 5.32 Å². The quantitative estimate of drug-likeness (QED) is 0.463. The van der Waals surface area contributed by atoms with Gasteiger partial charge in [0.1, 0.15) is 0 Å². The molecule has 2 nitrogen and oxygen atoms in total. The first-order chi connectivity index (χ1) is 14.2. The van der Waals surface area contributed by atoms with Crippen LogP contribution in [0.15, 0.2) is 29.3 Å². The van der Waals surface area contributed by atoms with Gasteiger partial charge in [0.2, 0.25) is 5.91 Å². The van der Waals surface area contributed by atoms with Gasteiger partial charge in [-0.1, -0.05) is 74.5 Å². The molecule has 4 rings (SSSR count). The Bertz CT molecular complexity index is 856. The summed E-state index contributed by atoms with van der Waals surface area (Å²) in [5.74, 6) is 2.03. The van der Waals surface area contributed by atoms with Gasteiger partial charge in [-0.05, 0) is 80.2 Å². The molecule has 0 spiro atoms. The van der Waals surface area contributed by atoms with Gasteiger partial charge < -0.3 is 5.32 Å². The highest BCUT2D eigenvalue weighted by molar-refractivity contribution is 6.39. The summed E-state index contributed by atoms with van der Waals surface area (Å²) in [5.41, 5.74) is 3.71. The number of hydrogen-bond donors (Lipinski definition) is 1. The van der Waals surface area contributed by atoms with Crippen LogP contribution in [0.5, 0.6) is 0 Å². The van der Waals surface area contributed by atoms with Gasteiger partial charge in [-0.3, -0.25) is 4.79 Å². The Morgan fingerprint density at radius 2 is 1.80 bits per heavy atom. The number of para-hydroxylation sites is 1. The standard InChI is InChI=1S/C26H35Cl2NO/c1-16(2)17-9-11-19-18(15-17)10-12-22-25(19,3)13-6-14-26(22,4)24(30)29-23-20(27)7-5-8-21(23)28/h5,7-8,16-17,22H,6,9-15H2,1-4H3,(H,29,30)/t17?,22?,25?,26-/m1/s1. The zero-order chi connectivity index (χ0) is 21.7. The third-order valence-corrected chi connectivity index (χ3v) is 9.35. The number of nitrogens with one attached hydrogen (secondary N) is 1. The maximum atomic E-state index is 13.6. The van der Waals surface area contributed by atoms with Crippen LogP contribution in [0.3, 0.4) is 0 Å². The first-order valence-electron chi connectivity index (χ1n) is 11.6. The van der Waals surface area contributed by atoms with Crippen molar-refractivity contribution < 1.29 is 4.79 Å². The number of allylic oxidation sites excluding steroid dienone is 2. The average Bonchev–Trinajstić information content (AvgIpc) is 2.70. The number of carbonyl (C=O) groups excluding carboxylic acids is 1. The minimum atomic E-state index is -0.400. The molecule has 164 valence electrons. The van der Waals surface area contributed by atoms with Gasteiger partial charge in [0, 0.05) is 0 Å². The van der Waals surface area contributed by atoms with Gasteiger partial charge in [0.15, 0.2) is 0 Å². The number of rotatable bonds is 3. The molecule has 3 unspecified atom stereocenters. The fraction of sp³-hybridized carbons (Fsp3) is 0.654. The lowest BCUT2D eigenvalue weighted by molar-refractivity contribution is -0.135. The van der Waals surface area contributed by atoms with Crippen LogP contribution in [0.2, 0.25) is 10.0 Å². The number of hydrogen-bond acceptors (Lipinski definition) is 1. The van der Waals surface area contributed by atoms with E-state index in [-0.39, 0.29) is 11.3 Å². The molecular weight excluding hydrogens is 413 g/mol. The number of anilines is 1. The molecule has 1 fully saturated rings. The lowest BCUT2D eigenvalue weighted by Crippen LogP contribution is -2.52. The van der Waals surface area contributed by atoms with E-state index in [9.17, 15) is 4.79 Å². The SMILES string of the molecule is CC(C)C1CCC2=C(CCC3C2(C)CCC[C@@]3(C)C(=O)Nc2c(Cl)cccc2Cl)C1. The lowest BCUT2D eigenvalue weighted by atomic mass is 9.48. The Hall–Kier alpha value is -0.990. The molecule has 1 aromatic carbocycles. The summed E-state index contributed by atoms with van der Waals surface area (Å²) in [6.07, 6.45) is 9.30. The molecule has 30 heavy (non-hydrogen) atoms. The fourth-order valence-electron chi connectivity index (χ4n) is 6.90. The Balaban J connectivity index is 1.63. The first kappa shape index (κ1) is 22.2. The molecule has 1 saturated carbocycles. The zero-order valence-corrected chi connectivity index (χ0v) is 20.3. The molecule has 1 amide bonds. The van der Waals surface area contributed by atoms with Crippen LogP contribution in [0, 0.1) is 28.6 Å². The van der Waals surface area contributed by atoms with E-state index in [1.54, 1.807) is 23.3 Å². The zero-order valence-electron chi connectivity index (χ0n) is 18.8. The minimum Gasteiger partial charge on any atom is -0.323 e. The van der Waals surface area contributed by atoms with Crippen molar-refractivity contribution in [1.82, 2.24) is 0 Å². The van der Waals surface area contributed by atoms with Crippen LogP contribution in [-0.4, -0.2) is 5.91 Å². The van der Waals surface area contributed by atoms with Crippen LogP contribution in [-0.2, 0) is 4.79 Å². The average molecular weight is 448 g/mol. The Morgan fingerprint density at radius 3 is 2.47 bits per heavy atom. The predicted molar refractivity (Wildman–Crippen MR) is 127 cm³/mol. The molecular formula is C26H35Cl2NO. The van der Waals surface area contributed by atoms with Gasteiger partial charge in [0.05, 0.1) is 21.1 Å². The van der Waals surface area contributed by atoms with E-state index in [1.165, 1.54) is 25.7 Å². The molecule has 4 atom stereocenters. The lowest BCUT2D eigenvalue weighted by Gasteiger charge is -2.56. The van der Waals surface area contributed by atoms with Gasteiger partial charge in [-0.25, -0.2) is 0 Å². The topological polar surface area (TPSA) is 29.1 Å². The maximum absolute atomic E-state index is 13.6. The highest BCUT2D eigenvalue weighted by atomic mass is 35.5. The molecule has 3 aliphatic carbocycles. The van der Waals surface area contributed by atoms with Crippen molar-refractivity contribution in [2.24, 2.45) is 28.6 Å². The van der Waals surface area contributed by atoms with E-state index < -0.39 is 5.41 Å². The van der Waals surface area contributed by atoms with Gasteiger partial charge in [-0.2, -0.15) is 0 Å². The van der Waals surface area contributed by atoms with Crippen molar-refractivity contribution in [3.63, 3.8) is 0 Å². The first-order valence-corrected chi connectivity index (χ1v) is 12.4. The third kappa shape index (κ3) is 3.62. The number of benzene rings is 1.